The standard InChI is InChI=1S/C60H58N2/c1-37-14-22-50-51(29-37)53-36-58(62(46-18-16-40-10-8-12-42(40)32-46)48-20-24-56-44(34-48)26-28-60(56,5)6)54-30-38(2)13-21-49(54)52(53)35-57(50)61(45-17-15-39-9-7-11-41(39)31-45)47-19-23-55-43(33-47)25-27-59(55,3)4/h13-24,29-36H,7-12,25-28H2,1-6H3. The quantitative estimate of drug-likeness (QED) is 0.154. The number of rotatable bonds is 6. The summed E-state index contributed by atoms with van der Waals surface area (Å²) in [6.45, 7) is 14.2. The molecule has 4 aliphatic carbocycles. The van der Waals surface area contributed by atoms with Crippen LogP contribution < -0.4 is 9.80 Å². The van der Waals surface area contributed by atoms with Crippen molar-refractivity contribution in [3.8, 4) is 0 Å². The van der Waals surface area contributed by atoms with Crippen molar-refractivity contribution in [1.82, 2.24) is 0 Å². The zero-order chi connectivity index (χ0) is 42.1. The van der Waals surface area contributed by atoms with Gasteiger partial charge >= 0.3 is 0 Å². The van der Waals surface area contributed by atoms with Crippen molar-refractivity contribution in [2.24, 2.45) is 0 Å². The first-order chi connectivity index (χ1) is 30.0. The predicted octanol–water partition coefficient (Wildman–Crippen LogP) is 16.1. The Balaban J connectivity index is 1.14. The van der Waals surface area contributed by atoms with Crippen molar-refractivity contribution in [2.75, 3.05) is 9.80 Å². The van der Waals surface area contributed by atoms with Gasteiger partial charge < -0.3 is 9.80 Å². The van der Waals surface area contributed by atoms with E-state index in [9.17, 15) is 0 Å². The van der Waals surface area contributed by atoms with Gasteiger partial charge in [-0.1, -0.05) is 93.4 Å². The first-order valence-corrected chi connectivity index (χ1v) is 23.5. The summed E-state index contributed by atoms with van der Waals surface area (Å²) in [5.74, 6) is 0. The van der Waals surface area contributed by atoms with Crippen LogP contribution in [0.1, 0.15) is 109 Å². The number of anilines is 6. The highest BCUT2D eigenvalue weighted by Crippen LogP contribution is 2.51. The molecule has 0 saturated carbocycles. The van der Waals surface area contributed by atoms with Crippen LogP contribution in [0.3, 0.4) is 0 Å². The Morgan fingerprint density at radius 2 is 0.742 bits per heavy atom. The maximum atomic E-state index is 2.60. The number of aryl methyl sites for hydroxylation is 8. The van der Waals surface area contributed by atoms with Crippen LogP contribution >= 0.6 is 0 Å². The van der Waals surface area contributed by atoms with E-state index >= 15 is 0 Å². The highest BCUT2D eigenvalue weighted by Gasteiger charge is 2.33. The Labute approximate surface area is 368 Å². The third-order valence-electron chi connectivity index (χ3n) is 15.7. The van der Waals surface area contributed by atoms with Gasteiger partial charge in [0.05, 0.1) is 11.4 Å². The molecule has 0 amide bonds. The third kappa shape index (κ3) is 5.96. The van der Waals surface area contributed by atoms with Crippen LogP contribution in [0.15, 0.2) is 121 Å². The summed E-state index contributed by atoms with van der Waals surface area (Å²) in [7, 11) is 0. The molecular formula is C60H58N2. The molecule has 0 atom stereocenters. The summed E-state index contributed by atoms with van der Waals surface area (Å²) in [5.41, 5.74) is 22.5. The van der Waals surface area contributed by atoms with Crippen LogP contribution in [0.5, 0.6) is 0 Å². The largest absolute Gasteiger partial charge is 0.310 e. The molecule has 12 rings (SSSR count). The Kier molecular flexibility index (Phi) is 8.44. The summed E-state index contributed by atoms with van der Waals surface area (Å²) >= 11 is 0. The SMILES string of the molecule is Cc1ccc2c(c1)c(N(c1ccc3c(c1)CCC3)c1ccc3c(c1)CCC3(C)C)cc1c3cc(C)ccc3c(N(c3ccc4c(c3)CCC4)c3ccc4c(c3)CCC4(C)C)cc21. The van der Waals surface area contributed by atoms with Gasteiger partial charge in [0.1, 0.15) is 0 Å². The highest BCUT2D eigenvalue weighted by molar-refractivity contribution is 6.24. The summed E-state index contributed by atoms with van der Waals surface area (Å²) < 4.78 is 0. The normalized spacial score (nSPS) is 16.8. The van der Waals surface area contributed by atoms with E-state index in [-0.39, 0.29) is 10.8 Å². The van der Waals surface area contributed by atoms with Gasteiger partial charge in [-0.15, -0.1) is 0 Å². The molecule has 0 fully saturated rings. The van der Waals surface area contributed by atoms with Crippen molar-refractivity contribution >= 4 is 66.4 Å². The minimum absolute atomic E-state index is 0.206. The lowest BCUT2D eigenvalue weighted by Crippen LogP contribution is -2.14. The number of hydrogen-bond acceptors (Lipinski definition) is 2. The van der Waals surface area contributed by atoms with Crippen molar-refractivity contribution in [2.45, 2.75) is 117 Å². The average Bonchev–Trinajstić information content (AvgIpc) is 4.06. The number of nitrogens with zero attached hydrogens (tertiary/aromatic N) is 2. The van der Waals surface area contributed by atoms with E-state index in [0.29, 0.717) is 0 Å². The Bertz CT molecular complexity index is 3180. The molecule has 0 heterocycles. The summed E-state index contributed by atoms with van der Waals surface area (Å²) in [5, 5.41) is 7.78. The molecule has 8 aromatic carbocycles. The molecule has 0 spiro atoms. The van der Waals surface area contributed by atoms with Crippen molar-refractivity contribution < 1.29 is 0 Å². The van der Waals surface area contributed by atoms with Gasteiger partial charge in [-0.2, -0.15) is 0 Å². The second-order valence-electron chi connectivity index (χ2n) is 20.7. The molecule has 2 heteroatoms. The third-order valence-corrected chi connectivity index (χ3v) is 15.7. The Morgan fingerprint density at radius 1 is 0.339 bits per heavy atom. The van der Waals surface area contributed by atoms with Crippen LogP contribution in [0, 0.1) is 13.8 Å². The molecule has 62 heavy (non-hydrogen) atoms. The van der Waals surface area contributed by atoms with E-state index < -0.39 is 0 Å². The van der Waals surface area contributed by atoms with Gasteiger partial charge in [0.15, 0.2) is 0 Å². The lowest BCUT2D eigenvalue weighted by atomic mass is 9.86. The number of benzene rings is 8. The lowest BCUT2D eigenvalue weighted by Gasteiger charge is -2.31. The fraction of sp³-hybridized carbons (Fsp3) is 0.300. The molecule has 0 saturated heterocycles. The monoisotopic (exact) mass is 806 g/mol. The van der Waals surface area contributed by atoms with Gasteiger partial charge in [0.25, 0.3) is 0 Å². The Hall–Kier alpha value is -5.86. The zero-order valence-electron chi connectivity index (χ0n) is 37.5. The lowest BCUT2D eigenvalue weighted by molar-refractivity contribution is 0.522. The average molecular weight is 807 g/mol. The molecule has 0 aliphatic heterocycles. The van der Waals surface area contributed by atoms with Gasteiger partial charge in [-0.25, -0.2) is 0 Å². The minimum Gasteiger partial charge on any atom is -0.310 e. The van der Waals surface area contributed by atoms with Crippen LogP contribution in [0.4, 0.5) is 34.1 Å². The molecule has 0 bridgehead atoms. The van der Waals surface area contributed by atoms with Crippen molar-refractivity contribution in [3.63, 3.8) is 0 Å². The van der Waals surface area contributed by atoms with E-state index in [0.717, 1.165) is 25.7 Å². The Morgan fingerprint density at radius 3 is 1.27 bits per heavy atom. The number of hydrogen-bond donors (Lipinski definition) is 0. The van der Waals surface area contributed by atoms with E-state index in [4.69, 9.17) is 0 Å². The molecule has 0 N–H and O–H groups in total. The summed E-state index contributed by atoms with van der Waals surface area (Å²) in [6.07, 6.45) is 11.8. The first kappa shape index (κ1) is 37.9. The molecule has 2 nitrogen and oxygen atoms in total. The summed E-state index contributed by atoms with van der Waals surface area (Å²) in [4.78, 5) is 5.20. The van der Waals surface area contributed by atoms with E-state index in [2.05, 4.69) is 173 Å². The molecular weight excluding hydrogens is 749 g/mol. The van der Waals surface area contributed by atoms with Crippen LogP contribution in [0.2, 0.25) is 0 Å². The van der Waals surface area contributed by atoms with E-state index in [1.165, 1.54) is 161 Å². The summed E-state index contributed by atoms with van der Waals surface area (Å²) in [6, 6.07) is 48.7. The smallest absolute Gasteiger partial charge is 0.0546 e. The molecule has 4 aliphatic rings. The first-order valence-electron chi connectivity index (χ1n) is 23.5. The topological polar surface area (TPSA) is 6.48 Å². The molecule has 0 aromatic heterocycles. The van der Waals surface area contributed by atoms with Crippen molar-refractivity contribution in [3.05, 3.63) is 177 Å². The number of fused-ring (bicyclic) bond motifs is 9. The van der Waals surface area contributed by atoms with E-state index in [1.54, 1.807) is 0 Å². The molecule has 308 valence electrons. The maximum absolute atomic E-state index is 2.60. The minimum atomic E-state index is 0.206. The van der Waals surface area contributed by atoms with Gasteiger partial charge in [-0.05, 0) is 222 Å². The van der Waals surface area contributed by atoms with Gasteiger partial charge in [0.2, 0.25) is 0 Å². The van der Waals surface area contributed by atoms with Gasteiger partial charge in [0, 0.05) is 33.5 Å². The molecule has 8 aromatic rings. The van der Waals surface area contributed by atoms with Crippen LogP contribution in [-0.4, -0.2) is 0 Å². The van der Waals surface area contributed by atoms with Crippen molar-refractivity contribution in [1.29, 1.82) is 0 Å². The zero-order valence-corrected chi connectivity index (χ0v) is 37.5. The fourth-order valence-electron chi connectivity index (χ4n) is 12.2. The second kappa shape index (κ2) is 13.8. The fourth-order valence-corrected chi connectivity index (χ4v) is 12.2. The maximum Gasteiger partial charge on any atom is 0.0546 e. The predicted molar refractivity (Wildman–Crippen MR) is 265 cm³/mol. The molecule has 0 unspecified atom stereocenters. The van der Waals surface area contributed by atoms with Gasteiger partial charge in [-0.3, -0.25) is 0 Å². The molecule has 0 radical (unpaired) electrons. The van der Waals surface area contributed by atoms with E-state index in [1.807, 2.05) is 0 Å². The van der Waals surface area contributed by atoms with Crippen LogP contribution in [-0.2, 0) is 49.4 Å². The highest BCUT2D eigenvalue weighted by atomic mass is 15.2. The second-order valence-corrected chi connectivity index (χ2v) is 20.7. The van der Waals surface area contributed by atoms with Crippen LogP contribution in [0.25, 0.3) is 32.3 Å².